The number of fused-ring (bicyclic) bond motifs is 1. The predicted octanol–water partition coefficient (Wildman–Crippen LogP) is 4.40. The van der Waals surface area contributed by atoms with Gasteiger partial charge in [0, 0.05) is 29.6 Å². The molecule has 170 valence electrons. The summed E-state index contributed by atoms with van der Waals surface area (Å²) in [5, 5.41) is 12.5. The van der Waals surface area contributed by atoms with Gasteiger partial charge in [0.2, 0.25) is 0 Å². The second-order valence-electron chi connectivity index (χ2n) is 8.51. The van der Waals surface area contributed by atoms with Crippen molar-refractivity contribution >= 4 is 29.1 Å². The lowest BCUT2D eigenvalue weighted by Crippen LogP contribution is -2.25. The lowest BCUT2D eigenvalue weighted by atomic mass is 9.85. The van der Waals surface area contributed by atoms with Crippen LogP contribution in [0.5, 0.6) is 5.75 Å². The first-order valence-corrected chi connectivity index (χ1v) is 12.2. The van der Waals surface area contributed by atoms with Gasteiger partial charge in [0.05, 0.1) is 11.4 Å². The number of benzene rings is 1. The first-order chi connectivity index (χ1) is 16.1. The Morgan fingerprint density at radius 1 is 1.24 bits per heavy atom. The number of thioether (sulfide) groups is 1. The highest BCUT2D eigenvalue weighted by molar-refractivity contribution is 7.99. The normalized spacial score (nSPS) is 20.0. The number of ketones is 1. The van der Waals surface area contributed by atoms with Crippen LogP contribution in [0, 0.1) is 5.92 Å². The molecule has 0 saturated heterocycles. The molecule has 0 radical (unpaired) electrons. The lowest BCUT2D eigenvalue weighted by Gasteiger charge is -2.31. The SMILES string of the molecule is C[C@H]1CCCC[C@@H]1n1c(SCC(=O)c2ccc3c(c2)NC(=O)CO3)nnc1-c1cccnc1. The van der Waals surface area contributed by atoms with Crippen LogP contribution < -0.4 is 10.1 Å². The molecule has 0 unspecified atom stereocenters. The minimum atomic E-state index is -0.223. The monoisotopic (exact) mass is 463 g/mol. The molecule has 0 bridgehead atoms. The molecule has 1 fully saturated rings. The number of pyridine rings is 1. The molecule has 1 amide bonds. The van der Waals surface area contributed by atoms with Gasteiger partial charge in [-0.1, -0.05) is 31.5 Å². The maximum absolute atomic E-state index is 13.0. The van der Waals surface area contributed by atoms with Crippen molar-refractivity contribution < 1.29 is 14.3 Å². The Morgan fingerprint density at radius 2 is 2.12 bits per heavy atom. The molecule has 1 aliphatic heterocycles. The molecule has 2 atom stereocenters. The molecule has 5 rings (SSSR count). The zero-order valence-corrected chi connectivity index (χ0v) is 19.2. The third-order valence-corrected chi connectivity index (χ3v) is 7.19. The summed E-state index contributed by atoms with van der Waals surface area (Å²) in [6, 6.07) is 9.30. The molecule has 8 nitrogen and oxygen atoms in total. The van der Waals surface area contributed by atoms with Gasteiger partial charge in [0.1, 0.15) is 5.75 Å². The molecule has 1 aliphatic carbocycles. The van der Waals surface area contributed by atoms with Crippen LogP contribution in [0.2, 0.25) is 0 Å². The fourth-order valence-electron chi connectivity index (χ4n) is 4.52. The number of ether oxygens (including phenoxy) is 1. The number of rotatable bonds is 6. The Morgan fingerprint density at radius 3 is 2.94 bits per heavy atom. The van der Waals surface area contributed by atoms with Crippen LogP contribution in [0.3, 0.4) is 0 Å². The molecule has 9 heteroatoms. The second-order valence-corrected chi connectivity index (χ2v) is 9.45. The maximum Gasteiger partial charge on any atom is 0.262 e. The van der Waals surface area contributed by atoms with E-state index >= 15 is 0 Å². The quantitative estimate of drug-likeness (QED) is 0.427. The van der Waals surface area contributed by atoms with E-state index in [2.05, 4.69) is 32.0 Å². The molecule has 2 aromatic heterocycles. The van der Waals surface area contributed by atoms with Gasteiger partial charge < -0.3 is 10.1 Å². The zero-order valence-electron chi connectivity index (χ0n) is 18.4. The third-order valence-electron chi connectivity index (χ3n) is 6.25. The van der Waals surface area contributed by atoms with Crippen molar-refractivity contribution in [2.75, 3.05) is 17.7 Å². The summed E-state index contributed by atoms with van der Waals surface area (Å²) in [6.45, 7) is 2.27. The Kier molecular flexibility index (Phi) is 6.13. The fourth-order valence-corrected chi connectivity index (χ4v) is 5.40. The lowest BCUT2D eigenvalue weighted by molar-refractivity contribution is -0.118. The highest BCUT2D eigenvalue weighted by Crippen LogP contribution is 2.39. The van der Waals surface area contributed by atoms with E-state index in [1.807, 2.05) is 12.1 Å². The number of carbonyl (C=O) groups excluding carboxylic acids is 2. The van der Waals surface area contributed by atoms with Crippen molar-refractivity contribution in [2.24, 2.45) is 5.92 Å². The minimum Gasteiger partial charge on any atom is -0.482 e. The summed E-state index contributed by atoms with van der Waals surface area (Å²) in [5.41, 5.74) is 1.98. The van der Waals surface area contributed by atoms with E-state index in [0.717, 1.165) is 23.0 Å². The summed E-state index contributed by atoms with van der Waals surface area (Å²) >= 11 is 1.40. The number of nitrogens with one attached hydrogen (secondary N) is 1. The van der Waals surface area contributed by atoms with E-state index in [1.54, 1.807) is 30.6 Å². The number of hydrogen-bond donors (Lipinski definition) is 1. The van der Waals surface area contributed by atoms with Gasteiger partial charge in [-0.05, 0) is 49.1 Å². The van der Waals surface area contributed by atoms with Gasteiger partial charge in [0.25, 0.3) is 5.91 Å². The molecule has 1 saturated carbocycles. The average Bonchev–Trinajstić information content (AvgIpc) is 3.26. The summed E-state index contributed by atoms with van der Waals surface area (Å²) in [6.07, 6.45) is 8.19. The van der Waals surface area contributed by atoms with Crippen molar-refractivity contribution in [1.29, 1.82) is 0 Å². The first kappa shape index (κ1) is 21.6. The second kappa shape index (κ2) is 9.35. The Bertz CT molecular complexity index is 1180. The maximum atomic E-state index is 13.0. The van der Waals surface area contributed by atoms with Gasteiger partial charge in [-0.15, -0.1) is 10.2 Å². The van der Waals surface area contributed by atoms with Gasteiger partial charge >= 0.3 is 0 Å². The standard InChI is InChI=1S/C24H25N5O3S/c1-15-5-2-3-7-19(15)29-23(17-6-4-10-25-12-17)27-28-24(29)33-14-20(30)16-8-9-21-18(11-16)26-22(31)13-32-21/h4,6,8-12,15,19H,2-3,5,7,13-14H2,1H3,(H,26,31)/t15-,19-/m0/s1. The van der Waals surface area contributed by atoms with E-state index in [9.17, 15) is 9.59 Å². The molecule has 33 heavy (non-hydrogen) atoms. The average molecular weight is 464 g/mol. The van der Waals surface area contributed by atoms with Crippen LogP contribution in [0.15, 0.2) is 47.9 Å². The molecule has 1 aromatic carbocycles. The van der Waals surface area contributed by atoms with Gasteiger partial charge in [-0.3, -0.25) is 19.1 Å². The van der Waals surface area contributed by atoms with Gasteiger partial charge in [-0.2, -0.15) is 0 Å². The summed E-state index contributed by atoms with van der Waals surface area (Å²) < 4.78 is 7.59. The number of anilines is 1. The largest absolute Gasteiger partial charge is 0.482 e. The van der Waals surface area contributed by atoms with Crippen molar-refractivity contribution in [2.45, 2.75) is 43.8 Å². The predicted molar refractivity (Wildman–Crippen MR) is 126 cm³/mol. The van der Waals surface area contributed by atoms with Crippen molar-refractivity contribution in [3.63, 3.8) is 0 Å². The van der Waals surface area contributed by atoms with Crippen LogP contribution in [0.25, 0.3) is 11.4 Å². The van der Waals surface area contributed by atoms with Crippen molar-refractivity contribution in [1.82, 2.24) is 19.7 Å². The van der Waals surface area contributed by atoms with Crippen LogP contribution >= 0.6 is 11.8 Å². The number of nitrogens with zero attached hydrogens (tertiary/aromatic N) is 4. The summed E-state index contributed by atoms with van der Waals surface area (Å²) in [4.78, 5) is 28.8. The topological polar surface area (TPSA) is 99.0 Å². The molecule has 3 heterocycles. The van der Waals surface area contributed by atoms with E-state index in [-0.39, 0.29) is 30.1 Å². The van der Waals surface area contributed by atoms with Crippen LogP contribution in [-0.4, -0.2) is 43.8 Å². The number of hydrogen-bond acceptors (Lipinski definition) is 7. The fraction of sp³-hybridized carbons (Fsp3) is 0.375. The molecular formula is C24H25N5O3S. The van der Waals surface area contributed by atoms with Gasteiger partial charge in [-0.25, -0.2) is 0 Å². The summed E-state index contributed by atoms with van der Waals surface area (Å²) in [7, 11) is 0. The molecule has 1 N–H and O–H groups in total. The molecule has 2 aliphatic rings. The van der Waals surface area contributed by atoms with Crippen LogP contribution in [-0.2, 0) is 4.79 Å². The highest BCUT2D eigenvalue weighted by Gasteiger charge is 2.29. The van der Waals surface area contributed by atoms with Crippen molar-refractivity contribution in [3.8, 4) is 17.1 Å². The molecular weight excluding hydrogens is 438 g/mol. The Hall–Kier alpha value is -3.20. The van der Waals surface area contributed by atoms with E-state index in [1.165, 1.54) is 31.0 Å². The van der Waals surface area contributed by atoms with Crippen molar-refractivity contribution in [3.05, 3.63) is 48.3 Å². The number of carbonyl (C=O) groups is 2. The van der Waals surface area contributed by atoms with Gasteiger partial charge in [0.15, 0.2) is 23.4 Å². The smallest absolute Gasteiger partial charge is 0.262 e. The van der Waals surface area contributed by atoms with Crippen LogP contribution in [0.4, 0.5) is 5.69 Å². The van der Waals surface area contributed by atoms with E-state index < -0.39 is 0 Å². The number of amides is 1. The summed E-state index contributed by atoms with van der Waals surface area (Å²) in [5.74, 6) is 1.83. The number of aromatic nitrogens is 4. The molecule has 3 aromatic rings. The van der Waals surface area contributed by atoms with Crippen LogP contribution in [0.1, 0.15) is 49.0 Å². The molecule has 0 spiro atoms. The van der Waals surface area contributed by atoms with E-state index in [0.29, 0.717) is 22.9 Å². The Balaban J connectivity index is 1.39. The first-order valence-electron chi connectivity index (χ1n) is 11.2. The Labute approximate surface area is 196 Å². The number of Topliss-reactive ketones (excluding diaryl/α,β-unsaturated/α-hetero) is 1. The zero-order chi connectivity index (χ0) is 22.8. The minimum absolute atomic E-state index is 0.00927. The van der Waals surface area contributed by atoms with E-state index in [4.69, 9.17) is 4.74 Å². The highest BCUT2D eigenvalue weighted by atomic mass is 32.2. The third kappa shape index (κ3) is 4.50.